The molecule has 2 N–H and O–H groups in total. The van der Waals surface area contributed by atoms with Gasteiger partial charge in [0.05, 0.1) is 12.5 Å². The molecule has 0 saturated carbocycles. The van der Waals surface area contributed by atoms with Crippen molar-refractivity contribution in [2.24, 2.45) is 11.8 Å². The lowest BCUT2D eigenvalue weighted by Gasteiger charge is -2.20. The van der Waals surface area contributed by atoms with E-state index in [1.54, 1.807) is 0 Å². The number of amides is 1. The molecule has 5 heteroatoms. The maximum absolute atomic E-state index is 11.7. The molecule has 5 nitrogen and oxygen atoms in total. The van der Waals surface area contributed by atoms with Gasteiger partial charge in [0.2, 0.25) is 5.91 Å². The summed E-state index contributed by atoms with van der Waals surface area (Å²) in [4.78, 5) is 24.4. The van der Waals surface area contributed by atoms with E-state index in [2.05, 4.69) is 19.2 Å². The highest BCUT2D eigenvalue weighted by Crippen LogP contribution is 2.15. The second-order valence-corrected chi connectivity index (χ2v) is 5.16. The molecule has 1 fully saturated rings. The Labute approximate surface area is 102 Å². The number of rotatable bonds is 5. The van der Waals surface area contributed by atoms with Gasteiger partial charge in [-0.05, 0) is 25.8 Å². The fourth-order valence-corrected chi connectivity index (χ4v) is 1.85. The minimum absolute atomic E-state index is 0.0164. The number of nitrogens with one attached hydrogen (secondary N) is 1. The predicted octanol–water partition coefficient (Wildman–Crippen LogP) is 0.554. The molecule has 0 spiro atoms. The van der Waals surface area contributed by atoms with Crippen LogP contribution in [0.4, 0.5) is 0 Å². The summed E-state index contributed by atoms with van der Waals surface area (Å²) in [5, 5.41) is 11.8. The highest BCUT2D eigenvalue weighted by Gasteiger charge is 2.29. The number of nitrogens with zero attached hydrogens (tertiary/aromatic N) is 1. The quantitative estimate of drug-likeness (QED) is 0.739. The number of carboxylic acid groups (broad SMARTS) is 1. The van der Waals surface area contributed by atoms with E-state index < -0.39 is 5.97 Å². The van der Waals surface area contributed by atoms with Crippen LogP contribution in [-0.4, -0.2) is 47.6 Å². The normalized spacial score (nSPS) is 22.7. The molecule has 0 aromatic rings. The first kappa shape index (κ1) is 14.0. The Kier molecular flexibility index (Phi) is 4.93. The first-order valence-corrected chi connectivity index (χ1v) is 6.14. The van der Waals surface area contributed by atoms with E-state index in [1.807, 2.05) is 11.8 Å². The number of carbonyl (C=O) groups is 2. The number of hydrogen-bond acceptors (Lipinski definition) is 3. The maximum Gasteiger partial charge on any atom is 0.307 e. The second kappa shape index (κ2) is 6.00. The fourth-order valence-electron chi connectivity index (χ4n) is 1.85. The molecule has 1 heterocycles. The Morgan fingerprint density at radius 2 is 2.06 bits per heavy atom. The topological polar surface area (TPSA) is 69.6 Å². The van der Waals surface area contributed by atoms with Crippen LogP contribution in [0, 0.1) is 11.8 Å². The van der Waals surface area contributed by atoms with Gasteiger partial charge in [-0.25, -0.2) is 0 Å². The van der Waals surface area contributed by atoms with E-state index in [9.17, 15) is 9.59 Å². The van der Waals surface area contributed by atoms with Gasteiger partial charge in [0.25, 0.3) is 0 Å². The number of aliphatic carboxylic acids is 1. The molecule has 0 aliphatic carbocycles. The fraction of sp³-hybridized carbons (Fsp3) is 0.833. The zero-order chi connectivity index (χ0) is 13.0. The second-order valence-electron chi connectivity index (χ2n) is 5.16. The number of carboxylic acids is 1. The zero-order valence-electron chi connectivity index (χ0n) is 10.8. The van der Waals surface area contributed by atoms with Crippen LogP contribution in [0.15, 0.2) is 0 Å². The van der Waals surface area contributed by atoms with Gasteiger partial charge < -0.3 is 10.4 Å². The van der Waals surface area contributed by atoms with Crippen LogP contribution in [0.2, 0.25) is 0 Å². The summed E-state index contributed by atoms with van der Waals surface area (Å²) in [7, 11) is 0. The third-order valence-electron chi connectivity index (χ3n) is 3.38. The average Bonchev–Trinajstić information content (AvgIpc) is 2.65. The molecule has 1 aliphatic rings. The molecule has 0 radical (unpaired) electrons. The van der Waals surface area contributed by atoms with Crippen molar-refractivity contribution in [3.05, 3.63) is 0 Å². The molecule has 17 heavy (non-hydrogen) atoms. The highest BCUT2D eigenvalue weighted by atomic mass is 16.4. The summed E-state index contributed by atoms with van der Waals surface area (Å²) in [6.07, 6.45) is 0.641. The smallest absolute Gasteiger partial charge is 0.307 e. The van der Waals surface area contributed by atoms with E-state index in [0.29, 0.717) is 32.0 Å². The summed E-state index contributed by atoms with van der Waals surface area (Å²) in [5.41, 5.74) is 0. The molecule has 0 aromatic carbocycles. The van der Waals surface area contributed by atoms with Crippen molar-refractivity contribution in [2.45, 2.75) is 33.2 Å². The standard InChI is InChI=1S/C12H22N2O3/c1-8(2)9(3)13-11(15)7-14-5-4-10(6-14)12(16)17/h8-10H,4-7H2,1-3H3,(H,13,15)(H,16,17). The Hall–Kier alpha value is -1.10. The van der Waals surface area contributed by atoms with Crippen LogP contribution in [0.5, 0.6) is 0 Å². The highest BCUT2D eigenvalue weighted by molar-refractivity contribution is 5.78. The van der Waals surface area contributed by atoms with E-state index in [-0.39, 0.29) is 17.9 Å². The monoisotopic (exact) mass is 242 g/mol. The first-order valence-electron chi connectivity index (χ1n) is 6.14. The lowest BCUT2D eigenvalue weighted by atomic mass is 10.1. The average molecular weight is 242 g/mol. The predicted molar refractivity (Wildman–Crippen MR) is 64.6 cm³/mol. The van der Waals surface area contributed by atoms with Crippen LogP contribution in [-0.2, 0) is 9.59 Å². The Balaban J connectivity index is 2.31. The van der Waals surface area contributed by atoms with Gasteiger partial charge in [0.1, 0.15) is 0 Å². The number of carbonyl (C=O) groups excluding carboxylic acids is 1. The van der Waals surface area contributed by atoms with Crippen molar-refractivity contribution in [3.8, 4) is 0 Å². The third-order valence-corrected chi connectivity index (χ3v) is 3.38. The van der Waals surface area contributed by atoms with Crippen molar-refractivity contribution in [3.63, 3.8) is 0 Å². The molecule has 0 aromatic heterocycles. The molecule has 98 valence electrons. The van der Waals surface area contributed by atoms with Crippen LogP contribution >= 0.6 is 0 Å². The molecule has 1 rings (SSSR count). The summed E-state index contributed by atoms with van der Waals surface area (Å²) in [6, 6.07) is 0.153. The maximum atomic E-state index is 11.7. The molecule has 2 atom stereocenters. The van der Waals surface area contributed by atoms with Crippen molar-refractivity contribution in [2.75, 3.05) is 19.6 Å². The lowest BCUT2D eigenvalue weighted by Crippen LogP contribution is -2.42. The summed E-state index contributed by atoms with van der Waals surface area (Å²) >= 11 is 0. The third kappa shape index (κ3) is 4.34. The largest absolute Gasteiger partial charge is 0.481 e. The van der Waals surface area contributed by atoms with Gasteiger partial charge in [-0.15, -0.1) is 0 Å². The summed E-state index contributed by atoms with van der Waals surface area (Å²) in [6.45, 7) is 7.58. The lowest BCUT2D eigenvalue weighted by molar-refractivity contribution is -0.141. The Morgan fingerprint density at radius 3 is 2.53 bits per heavy atom. The SMILES string of the molecule is CC(C)C(C)NC(=O)CN1CCC(C(=O)O)C1. The van der Waals surface area contributed by atoms with E-state index in [4.69, 9.17) is 5.11 Å². The van der Waals surface area contributed by atoms with Crippen molar-refractivity contribution in [1.82, 2.24) is 10.2 Å². The van der Waals surface area contributed by atoms with Crippen molar-refractivity contribution in [1.29, 1.82) is 0 Å². The molecule has 1 aliphatic heterocycles. The number of hydrogen-bond donors (Lipinski definition) is 2. The minimum Gasteiger partial charge on any atom is -0.481 e. The first-order chi connectivity index (χ1) is 7.90. The Morgan fingerprint density at radius 1 is 1.41 bits per heavy atom. The van der Waals surface area contributed by atoms with E-state index in [0.717, 1.165) is 0 Å². The molecule has 2 unspecified atom stereocenters. The van der Waals surface area contributed by atoms with Crippen LogP contribution in [0.3, 0.4) is 0 Å². The van der Waals surface area contributed by atoms with Gasteiger partial charge in [-0.1, -0.05) is 13.8 Å². The van der Waals surface area contributed by atoms with Crippen molar-refractivity contribution >= 4 is 11.9 Å². The van der Waals surface area contributed by atoms with Crippen LogP contribution < -0.4 is 5.32 Å². The minimum atomic E-state index is -0.761. The Bertz CT molecular complexity index is 291. The van der Waals surface area contributed by atoms with Crippen LogP contribution in [0.1, 0.15) is 27.2 Å². The van der Waals surface area contributed by atoms with Gasteiger partial charge in [0.15, 0.2) is 0 Å². The van der Waals surface area contributed by atoms with Crippen LogP contribution in [0.25, 0.3) is 0 Å². The molecular formula is C12H22N2O3. The summed E-state index contributed by atoms with van der Waals surface area (Å²) < 4.78 is 0. The van der Waals surface area contributed by atoms with E-state index >= 15 is 0 Å². The van der Waals surface area contributed by atoms with Crippen molar-refractivity contribution < 1.29 is 14.7 Å². The van der Waals surface area contributed by atoms with Gasteiger partial charge >= 0.3 is 5.97 Å². The summed E-state index contributed by atoms with van der Waals surface area (Å²) in [5.74, 6) is -0.685. The molecule has 0 bridgehead atoms. The molecule has 1 amide bonds. The zero-order valence-corrected chi connectivity index (χ0v) is 10.8. The molecular weight excluding hydrogens is 220 g/mol. The van der Waals surface area contributed by atoms with Gasteiger partial charge in [0, 0.05) is 12.6 Å². The van der Waals surface area contributed by atoms with E-state index in [1.165, 1.54) is 0 Å². The van der Waals surface area contributed by atoms with Gasteiger partial charge in [-0.3, -0.25) is 14.5 Å². The number of likely N-dealkylation sites (tertiary alicyclic amines) is 1. The molecule has 1 saturated heterocycles. The van der Waals surface area contributed by atoms with Gasteiger partial charge in [-0.2, -0.15) is 0 Å².